The maximum atomic E-state index is 13.9. The van der Waals surface area contributed by atoms with E-state index in [0.717, 1.165) is 51.4 Å². The maximum Gasteiger partial charge on any atom is 0.279 e. The average Bonchev–Trinajstić information content (AvgIpc) is 3.51. The number of nitrogens with one attached hydrogen (secondary N) is 1. The van der Waals surface area contributed by atoms with E-state index in [1.807, 2.05) is 17.5 Å². The van der Waals surface area contributed by atoms with Crippen molar-refractivity contribution < 1.29 is 18.0 Å². The van der Waals surface area contributed by atoms with Gasteiger partial charge in [0, 0.05) is 42.1 Å². The van der Waals surface area contributed by atoms with Crippen LogP contribution in [-0.2, 0) is 14.8 Å². The van der Waals surface area contributed by atoms with Gasteiger partial charge in [-0.3, -0.25) is 19.5 Å². The Labute approximate surface area is 233 Å². The van der Waals surface area contributed by atoms with Crippen LogP contribution in [0.5, 0.6) is 0 Å². The molecule has 2 aromatic heterocycles. The van der Waals surface area contributed by atoms with Crippen molar-refractivity contribution in [2.75, 3.05) is 18.0 Å². The smallest absolute Gasteiger partial charge is 0.279 e. The Hall–Kier alpha value is -3.15. The summed E-state index contributed by atoms with van der Waals surface area (Å²) in [7, 11) is -3.65. The minimum absolute atomic E-state index is 0.0549. The number of hydrogen-bond donors (Lipinski definition) is 1. The van der Waals surface area contributed by atoms with Crippen LogP contribution in [-0.4, -0.2) is 53.6 Å². The summed E-state index contributed by atoms with van der Waals surface area (Å²) in [5.41, 5.74) is 0.495. The molecule has 2 aliphatic rings. The number of hydrogen-bond acceptors (Lipinski definition) is 7. The zero-order valence-electron chi connectivity index (χ0n) is 21.7. The number of amides is 2. The summed E-state index contributed by atoms with van der Waals surface area (Å²) in [5, 5.41) is 5.05. The van der Waals surface area contributed by atoms with Gasteiger partial charge in [-0.2, -0.15) is 4.31 Å². The van der Waals surface area contributed by atoms with E-state index in [0.29, 0.717) is 23.7 Å². The molecule has 2 fully saturated rings. The normalized spacial score (nSPS) is 17.8. The summed E-state index contributed by atoms with van der Waals surface area (Å²) in [6.07, 6.45) is 12.1. The van der Waals surface area contributed by atoms with Gasteiger partial charge >= 0.3 is 0 Å². The van der Waals surface area contributed by atoms with E-state index < -0.39 is 22.0 Å². The van der Waals surface area contributed by atoms with Crippen LogP contribution in [0.25, 0.3) is 0 Å². The molecule has 2 amide bonds. The molecule has 0 bridgehead atoms. The molecule has 206 valence electrons. The molecule has 11 heteroatoms. The molecule has 1 aliphatic heterocycles. The van der Waals surface area contributed by atoms with Gasteiger partial charge in [0.15, 0.2) is 6.04 Å². The highest BCUT2D eigenvalue weighted by Gasteiger charge is 2.36. The molecule has 3 aromatic rings. The van der Waals surface area contributed by atoms with E-state index >= 15 is 0 Å². The van der Waals surface area contributed by atoms with Gasteiger partial charge in [0.05, 0.1) is 11.1 Å². The Kier molecular flexibility index (Phi) is 8.69. The minimum Gasteiger partial charge on any atom is -0.351 e. The SMILES string of the molecule is O=C(NC1CCCCC1)[C@H](c1cccs1)N(C(=O)c1cnccn1)c1ccc(S(=O)(=O)N2CCCCC2)cc1. The second-order valence-electron chi connectivity index (χ2n) is 9.99. The molecule has 1 atom stereocenters. The lowest BCUT2D eigenvalue weighted by molar-refractivity contribution is -0.123. The highest BCUT2D eigenvalue weighted by molar-refractivity contribution is 7.89. The van der Waals surface area contributed by atoms with Gasteiger partial charge in [-0.05, 0) is 61.4 Å². The zero-order chi connectivity index (χ0) is 27.2. The van der Waals surface area contributed by atoms with Gasteiger partial charge in [0.2, 0.25) is 15.9 Å². The number of rotatable bonds is 8. The second kappa shape index (κ2) is 12.4. The number of carbonyl (C=O) groups is 2. The molecule has 1 saturated heterocycles. The number of nitrogens with zero attached hydrogens (tertiary/aromatic N) is 4. The first kappa shape index (κ1) is 27.4. The second-order valence-corrected chi connectivity index (χ2v) is 12.9. The summed E-state index contributed by atoms with van der Waals surface area (Å²) in [6.45, 7) is 1.01. The topological polar surface area (TPSA) is 113 Å². The third kappa shape index (κ3) is 6.21. The first-order chi connectivity index (χ1) is 18.9. The maximum absolute atomic E-state index is 13.9. The lowest BCUT2D eigenvalue weighted by Crippen LogP contribution is -2.47. The van der Waals surface area contributed by atoms with Gasteiger partial charge in [0.25, 0.3) is 5.91 Å². The van der Waals surface area contributed by atoms with Crippen LogP contribution in [0.4, 0.5) is 5.69 Å². The van der Waals surface area contributed by atoms with E-state index in [2.05, 4.69) is 15.3 Å². The van der Waals surface area contributed by atoms with Crippen molar-refractivity contribution in [2.45, 2.75) is 68.3 Å². The lowest BCUT2D eigenvalue weighted by Gasteiger charge is -2.32. The van der Waals surface area contributed by atoms with Crippen molar-refractivity contribution in [3.05, 3.63) is 70.9 Å². The van der Waals surface area contributed by atoms with E-state index in [9.17, 15) is 18.0 Å². The van der Waals surface area contributed by atoms with Crippen LogP contribution >= 0.6 is 11.3 Å². The van der Waals surface area contributed by atoms with Crippen LogP contribution in [0.3, 0.4) is 0 Å². The van der Waals surface area contributed by atoms with Gasteiger partial charge in [-0.15, -0.1) is 11.3 Å². The van der Waals surface area contributed by atoms with E-state index in [4.69, 9.17) is 0 Å². The predicted molar refractivity (Wildman–Crippen MR) is 150 cm³/mol. The largest absolute Gasteiger partial charge is 0.351 e. The van der Waals surface area contributed by atoms with Crippen LogP contribution in [0, 0.1) is 0 Å². The Morgan fingerprint density at radius 1 is 0.974 bits per heavy atom. The quantitative estimate of drug-likeness (QED) is 0.427. The first-order valence-electron chi connectivity index (χ1n) is 13.5. The third-order valence-corrected chi connectivity index (χ3v) is 10.2. The molecular formula is C28H33N5O4S2. The van der Waals surface area contributed by atoms with Crippen LogP contribution in [0.1, 0.15) is 72.8 Å². The molecular weight excluding hydrogens is 534 g/mol. The highest BCUT2D eigenvalue weighted by Crippen LogP contribution is 2.33. The predicted octanol–water partition coefficient (Wildman–Crippen LogP) is 4.55. The Balaban J connectivity index is 1.52. The van der Waals surface area contributed by atoms with Gasteiger partial charge < -0.3 is 5.32 Å². The van der Waals surface area contributed by atoms with Gasteiger partial charge in [0.1, 0.15) is 5.69 Å². The summed E-state index contributed by atoms with van der Waals surface area (Å²) in [4.78, 5) is 38.3. The van der Waals surface area contributed by atoms with Crippen molar-refractivity contribution in [1.29, 1.82) is 0 Å². The molecule has 9 nitrogen and oxygen atoms in total. The third-order valence-electron chi connectivity index (χ3n) is 7.34. The minimum atomic E-state index is -3.65. The van der Waals surface area contributed by atoms with Gasteiger partial charge in [-0.1, -0.05) is 31.7 Å². The molecule has 3 heterocycles. The van der Waals surface area contributed by atoms with Crippen molar-refractivity contribution >= 4 is 38.9 Å². The summed E-state index contributed by atoms with van der Waals surface area (Å²) < 4.78 is 28.0. The fourth-order valence-corrected chi connectivity index (χ4v) is 7.63. The molecule has 0 radical (unpaired) electrons. The van der Waals surface area contributed by atoms with Gasteiger partial charge in [-0.25, -0.2) is 13.4 Å². The fourth-order valence-electron chi connectivity index (χ4n) is 5.30. The number of sulfonamides is 1. The van der Waals surface area contributed by atoms with E-state index in [-0.39, 0.29) is 22.5 Å². The van der Waals surface area contributed by atoms with E-state index in [1.54, 1.807) is 12.1 Å². The molecule has 1 aromatic carbocycles. The van der Waals surface area contributed by atoms with Crippen LogP contribution in [0.15, 0.2) is 65.3 Å². The summed E-state index contributed by atoms with van der Waals surface area (Å²) in [6, 6.07) is 9.01. The van der Waals surface area contributed by atoms with Crippen molar-refractivity contribution in [1.82, 2.24) is 19.6 Å². The number of thiophene rings is 1. The average molecular weight is 568 g/mol. The Morgan fingerprint density at radius 2 is 1.69 bits per heavy atom. The standard InChI is InChI=1S/C28H33N5O4S2/c34-27(31-21-8-3-1-4-9-21)26(25-10-7-19-38-25)33(28(35)24-20-29-15-16-30-24)22-11-13-23(14-12-22)39(36,37)32-17-5-2-6-18-32/h7,10-16,19-21,26H,1-6,8-9,17-18H2,(H,31,34)/t26-/m0/s1. The Morgan fingerprint density at radius 3 is 2.33 bits per heavy atom. The van der Waals surface area contributed by atoms with Crippen molar-refractivity contribution in [3.63, 3.8) is 0 Å². The summed E-state index contributed by atoms with van der Waals surface area (Å²) >= 11 is 1.39. The molecule has 0 unspecified atom stereocenters. The molecule has 5 rings (SSSR count). The number of piperidine rings is 1. The lowest BCUT2D eigenvalue weighted by atomic mass is 9.95. The number of anilines is 1. The number of benzene rings is 1. The number of carbonyl (C=O) groups excluding carboxylic acids is 2. The first-order valence-corrected chi connectivity index (χ1v) is 15.8. The molecule has 1 aliphatic carbocycles. The van der Waals surface area contributed by atoms with E-state index in [1.165, 1.54) is 51.3 Å². The zero-order valence-corrected chi connectivity index (χ0v) is 23.4. The summed E-state index contributed by atoms with van der Waals surface area (Å²) in [5.74, 6) is -0.765. The fraction of sp³-hybridized carbons (Fsp3) is 0.429. The molecule has 39 heavy (non-hydrogen) atoms. The van der Waals surface area contributed by atoms with Crippen LogP contribution in [0.2, 0.25) is 0 Å². The molecule has 0 spiro atoms. The van der Waals surface area contributed by atoms with Crippen LogP contribution < -0.4 is 10.2 Å². The molecule has 1 saturated carbocycles. The monoisotopic (exact) mass is 567 g/mol. The Bertz CT molecular complexity index is 1350. The number of aromatic nitrogens is 2. The van der Waals surface area contributed by atoms with Crippen molar-refractivity contribution in [3.8, 4) is 0 Å². The van der Waals surface area contributed by atoms with Crippen molar-refractivity contribution in [2.24, 2.45) is 0 Å². The molecule has 1 N–H and O–H groups in total. The highest BCUT2D eigenvalue weighted by atomic mass is 32.2.